The van der Waals surface area contributed by atoms with E-state index >= 15 is 0 Å². The van der Waals surface area contributed by atoms with Gasteiger partial charge in [-0.2, -0.15) is 0 Å². The van der Waals surface area contributed by atoms with Crippen LogP contribution in [0.25, 0.3) is 0 Å². The third-order valence-electron chi connectivity index (χ3n) is 4.59. The Bertz CT molecular complexity index is 834. The summed E-state index contributed by atoms with van der Waals surface area (Å²) in [5.74, 6) is -0.564. The van der Waals surface area contributed by atoms with Crippen molar-refractivity contribution < 1.29 is 9.59 Å². The van der Waals surface area contributed by atoms with Crippen LogP contribution in [0.4, 0.5) is 11.4 Å². The van der Waals surface area contributed by atoms with Gasteiger partial charge in [0.2, 0.25) is 0 Å². The van der Waals surface area contributed by atoms with Crippen molar-refractivity contribution in [2.75, 3.05) is 23.3 Å². The molecule has 2 aromatic rings. The minimum atomic E-state index is -0.348. The summed E-state index contributed by atoms with van der Waals surface area (Å²) >= 11 is 0. The van der Waals surface area contributed by atoms with Gasteiger partial charge in [-0.1, -0.05) is 0 Å². The highest BCUT2D eigenvalue weighted by Gasteiger charge is 2.17. The summed E-state index contributed by atoms with van der Waals surface area (Å²) in [6, 6.07) is 11.0. The molecular weight excluding hydrogens is 352 g/mol. The van der Waals surface area contributed by atoms with E-state index in [1.54, 1.807) is 6.07 Å². The van der Waals surface area contributed by atoms with Crippen LogP contribution in [0.15, 0.2) is 42.6 Å². The number of hydrogen-bond donors (Lipinski definition) is 2. The summed E-state index contributed by atoms with van der Waals surface area (Å²) < 4.78 is 0. The lowest BCUT2D eigenvalue weighted by atomic mass is 10.1. The van der Waals surface area contributed by atoms with Gasteiger partial charge in [0.25, 0.3) is 11.8 Å². The van der Waals surface area contributed by atoms with Crippen LogP contribution in [0.3, 0.4) is 0 Å². The molecule has 1 aromatic carbocycles. The molecule has 2 heterocycles. The lowest BCUT2D eigenvalue weighted by Gasteiger charge is -2.28. The number of nitrogens with zero attached hydrogens (tertiary/aromatic N) is 2. The van der Waals surface area contributed by atoms with Crippen molar-refractivity contribution in [3.05, 3.63) is 53.9 Å². The molecule has 2 N–H and O–H groups in total. The second-order valence-electron chi connectivity index (χ2n) is 8.18. The molecule has 0 radical (unpaired) electrons. The molecular formula is C22H28N4O2. The zero-order valence-electron chi connectivity index (χ0n) is 16.8. The first kappa shape index (κ1) is 19.9. The molecule has 148 valence electrons. The highest BCUT2D eigenvalue weighted by Crippen LogP contribution is 2.22. The predicted molar refractivity (Wildman–Crippen MR) is 112 cm³/mol. The van der Waals surface area contributed by atoms with Crippen molar-refractivity contribution in [3.8, 4) is 0 Å². The minimum absolute atomic E-state index is 0.210. The molecule has 2 amide bonds. The molecule has 28 heavy (non-hydrogen) atoms. The molecule has 3 rings (SSSR count). The van der Waals surface area contributed by atoms with Gasteiger partial charge < -0.3 is 15.5 Å². The normalized spacial score (nSPS) is 14.5. The van der Waals surface area contributed by atoms with E-state index in [0.717, 1.165) is 13.1 Å². The lowest BCUT2D eigenvalue weighted by molar-refractivity contribution is 0.0919. The van der Waals surface area contributed by atoms with Crippen molar-refractivity contribution in [3.63, 3.8) is 0 Å². The SMILES string of the molecule is CC(C)(C)NC(=O)c1ccnc(C(=O)Nc2ccc(N3CCCCC3)cc2)c1. The van der Waals surface area contributed by atoms with Crippen LogP contribution in [0, 0.1) is 0 Å². The lowest BCUT2D eigenvalue weighted by Crippen LogP contribution is -2.40. The van der Waals surface area contributed by atoms with E-state index in [1.165, 1.54) is 37.2 Å². The number of carbonyl (C=O) groups is 2. The molecule has 0 unspecified atom stereocenters. The van der Waals surface area contributed by atoms with Crippen molar-refractivity contribution in [1.29, 1.82) is 0 Å². The first-order valence-corrected chi connectivity index (χ1v) is 9.77. The van der Waals surface area contributed by atoms with Gasteiger partial charge in [0.15, 0.2) is 0 Å². The van der Waals surface area contributed by atoms with Gasteiger partial charge in [0, 0.05) is 41.8 Å². The minimum Gasteiger partial charge on any atom is -0.372 e. The number of rotatable bonds is 4. The maximum absolute atomic E-state index is 12.5. The topological polar surface area (TPSA) is 74.3 Å². The average Bonchev–Trinajstić information content (AvgIpc) is 2.68. The summed E-state index contributed by atoms with van der Waals surface area (Å²) in [4.78, 5) is 31.3. The fraction of sp³-hybridized carbons (Fsp3) is 0.409. The number of benzene rings is 1. The number of pyridine rings is 1. The molecule has 1 aromatic heterocycles. The fourth-order valence-electron chi connectivity index (χ4n) is 3.21. The van der Waals surface area contributed by atoms with Gasteiger partial charge in [0.05, 0.1) is 0 Å². The van der Waals surface area contributed by atoms with Crippen LogP contribution >= 0.6 is 0 Å². The van der Waals surface area contributed by atoms with E-state index in [-0.39, 0.29) is 23.0 Å². The Morgan fingerprint density at radius 2 is 1.64 bits per heavy atom. The Morgan fingerprint density at radius 1 is 0.964 bits per heavy atom. The summed E-state index contributed by atoms with van der Waals surface area (Å²) in [7, 11) is 0. The Hall–Kier alpha value is -2.89. The van der Waals surface area contributed by atoms with Crippen molar-refractivity contribution in [1.82, 2.24) is 10.3 Å². The van der Waals surface area contributed by atoms with Crippen molar-refractivity contribution >= 4 is 23.2 Å². The number of carbonyl (C=O) groups excluding carboxylic acids is 2. The predicted octanol–water partition coefficient (Wildman–Crippen LogP) is 3.85. The van der Waals surface area contributed by atoms with Crippen LogP contribution < -0.4 is 15.5 Å². The largest absolute Gasteiger partial charge is 0.372 e. The number of amides is 2. The third kappa shape index (κ3) is 5.31. The van der Waals surface area contributed by atoms with Crippen LogP contribution in [0.5, 0.6) is 0 Å². The van der Waals surface area contributed by atoms with Gasteiger partial charge in [-0.15, -0.1) is 0 Å². The first-order valence-electron chi connectivity index (χ1n) is 9.77. The smallest absolute Gasteiger partial charge is 0.274 e. The quantitative estimate of drug-likeness (QED) is 0.845. The van der Waals surface area contributed by atoms with Crippen LogP contribution in [0.2, 0.25) is 0 Å². The van der Waals surface area contributed by atoms with E-state index in [0.29, 0.717) is 11.3 Å². The zero-order valence-corrected chi connectivity index (χ0v) is 16.8. The molecule has 0 aliphatic carbocycles. The average molecular weight is 380 g/mol. The van der Waals surface area contributed by atoms with Gasteiger partial charge in [0.1, 0.15) is 5.69 Å². The second-order valence-corrected chi connectivity index (χ2v) is 8.18. The third-order valence-corrected chi connectivity index (χ3v) is 4.59. The number of anilines is 2. The highest BCUT2D eigenvalue weighted by molar-refractivity contribution is 6.04. The number of piperidine rings is 1. The maximum atomic E-state index is 12.5. The molecule has 6 heteroatoms. The van der Waals surface area contributed by atoms with Gasteiger partial charge in [-0.05, 0) is 76.4 Å². The number of nitrogens with one attached hydrogen (secondary N) is 2. The van der Waals surface area contributed by atoms with Crippen LogP contribution in [-0.4, -0.2) is 35.4 Å². The highest BCUT2D eigenvalue weighted by atomic mass is 16.2. The van der Waals surface area contributed by atoms with Crippen LogP contribution in [-0.2, 0) is 0 Å². The molecule has 0 spiro atoms. The van der Waals surface area contributed by atoms with E-state index in [1.807, 2.05) is 45.0 Å². The molecule has 0 atom stereocenters. The Morgan fingerprint density at radius 3 is 2.29 bits per heavy atom. The van der Waals surface area contributed by atoms with Gasteiger partial charge >= 0.3 is 0 Å². The van der Waals surface area contributed by atoms with Crippen molar-refractivity contribution in [2.45, 2.75) is 45.6 Å². The molecule has 0 saturated carbocycles. The van der Waals surface area contributed by atoms with Gasteiger partial charge in [-0.25, -0.2) is 0 Å². The molecule has 1 fully saturated rings. The molecule has 6 nitrogen and oxygen atoms in total. The summed E-state index contributed by atoms with van der Waals surface area (Å²) in [5.41, 5.74) is 2.16. The molecule has 1 saturated heterocycles. The van der Waals surface area contributed by atoms with E-state index in [9.17, 15) is 9.59 Å². The Labute approximate surface area is 166 Å². The number of hydrogen-bond acceptors (Lipinski definition) is 4. The first-order chi connectivity index (χ1) is 13.3. The Balaban J connectivity index is 1.66. The van der Waals surface area contributed by atoms with E-state index in [4.69, 9.17) is 0 Å². The second kappa shape index (κ2) is 8.42. The maximum Gasteiger partial charge on any atom is 0.274 e. The van der Waals surface area contributed by atoms with E-state index < -0.39 is 0 Å². The standard InChI is InChI=1S/C22H28N4O2/c1-22(2,3)25-20(27)16-11-12-23-19(15-16)21(28)24-17-7-9-18(10-8-17)26-13-5-4-6-14-26/h7-12,15H,4-6,13-14H2,1-3H3,(H,24,28)(H,25,27). The zero-order chi connectivity index (χ0) is 20.1. The molecule has 0 bridgehead atoms. The van der Waals surface area contributed by atoms with Crippen LogP contribution in [0.1, 0.15) is 60.9 Å². The summed E-state index contributed by atoms with van der Waals surface area (Å²) in [5, 5.41) is 5.74. The monoisotopic (exact) mass is 380 g/mol. The Kier molecular flexibility index (Phi) is 5.97. The molecule has 1 aliphatic heterocycles. The van der Waals surface area contributed by atoms with E-state index in [2.05, 4.69) is 20.5 Å². The summed E-state index contributed by atoms with van der Waals surface area (Å²) in [6.07, 6.45) is 5.23. The van der Waals surface area contributed by atoms with Crippen molar-refractivity contribution in [2.24, 2.45) is 0 Å². The molecule has 1 aliphatic rings. The summed E-state index contributed by atoms with van der Waals surface area (Å²) in [6.45, 7) is 7.89. The van der Waals surface area contributed by atoms with Gasteiger partial charge in [-0.3, -0.25) is 14.6 Å². The number of aromatic nitrogens is 1. The fourth-order valence-corrected chi connectivity index (χ4v) is 3.21.